The van der Waals surface area contributed by atoms with E-state index in [-0.39, 0.29) is 0 Å². The Bertz CT molecular complexity index is 367. The zero-order valence-electron chi connectivity index (χ0n) is 10.9. The second-order valence-electron chi connectivity index (χ2n) is 4.79. The first kappa shape index (κ1) is 14.0. The fraction of sp³-hybridized carbons (Fsp3) is 0.600. The molecular formula is C15H21BrO2. The van der Waals surface area contributed by atoms with E-state index in [4.69, 9.17) is 9.47 Å². The van der Waals surface area contributed by atoms with E-state index < -0.39 is 0 Å². The van der Waals surface area contributed by atoms with E-state index in [0.29, 0.717) is 24.0 Å². The third-order valence-corrected chi connectivity index (χ3v) is 4.86. The van der Waals surface area contributed by atoms with Crippen LogP contribution in [-0.2, 0) is 15.9 Å². The lowest BCUT2D eigenvalue weighted by molar-refractivity contribution is 0.0627. The largest absolute Gasteiger partial charge is 0.382 e. The highest BCUT2D eigenvalue weighted by Crippen LogP contribution is 2.41. The molecule has 1 aliphatic rings. The summed E-state index contributed by atoms with van der Waals surface area (Å²) in [6.45, 7) is 2.22. The molecule has 0 saturated carbocycles. The number of rotatable bonds is 6. The van der Waals surface area contributed by atoms with Crippen LogP contribution in [0.25, 0.3) is 0 Å². The Kier molecular flexibility index (Phi) is 5.67. The van der Waals surface area contributed by atoms with Gasteiger partial charge in [0.15, 0.2) is 0 Å². The van der Waals surface area contributed by atoms with E-state index in [9.17, 15) is 0 Å². The molecule has 0 saturated heterocycles. The second-order valence-corrected chi connectivity index (χ2v) is 5.78. The van der Waals surface area contributed by atoms with Gasteiger partial charge in [0.1, 0.15) is 0 Å². The molecule has 0 fully saturated rings. The van der Waals surface area contributed by atoms with Crippen LogP contribution in [0.4, 0.5) is 0 Å². The predicted octanol–water partition coefficient (Wildman–Crippen LogP) is 3.74. The van der Waals surface area contributed by atoms with Crippen molar-refractivity contribution in [3.63, 3.8) is 0 Å². The molecule has 0 heterocycles. The smallest absolute Gasteiger partial charge is 0.0700 e. The first-order valence-corrected chi connectivity index (χ1v) is 7.53. The Morgan fingerprint density at radius 1 is 1.22 bits per heavy atom. The fourth-order valence-corrected chi connectivity index (χ4v) is 3.52. The number of aryl methyl sites for hydroxylation is 1. The predicted molar refractivity (Wildman–Crippen MR) is 77.2 cm³/mol. The summed E-state index contributed by atoms with van der Waals surface area (Å²) in [6.07, 6.45) is 3.57. The van der Waals surface area contributed by atoms with Gasteiger partial charge >= 0.3 is 0 Å². The van der Waals surface area contributed by atoms with Gasteiger partial charge in [-0.25, -0.2) is 0 Å². The molecule has 18 heavy (non-hydrogen) atoms. The maximum absolute atomic E-state index is 5.57. The average Bonchev–Trinajstić information content (AvgIpc) is 2.41. The summed E-state index contributed by atoms with van der Waals surface area (Å²) in [6, 6.07) is 8.75. The number of ether oxygens (including phenoxy) is 2. The lowest BCUT2D eigenvalue weighted by Crippen LogP contribution is -2.18. The van der Waals surface area contributed by atoms with Crippen molar-refractivity contribution in [2.75, 3.05) is 26.9 Å². The molecule has 1 aliphatic carbocycles. The molecule has 0 N–H and O–H groups in total. The molecule has 0 aliphatic heterocycles. The van der Waals surface area contributed by atoms with Crippen molar-refractivity contribution in [1.82, 2.24) is 0 Å². The molecule has 1 aromatic rings. The molecule has 0 aromatic heterocycles. The molecule has 0 bridgehead atoms. The molecule has 3 heteroatoms. The molecule has 2 atom stereocenters. The zero-order valence-corrected chi connectivity index (χ0v) is 12.5. The van der Waals surface area contributed by atoms with Crippen molar-refractivity contribution in [3.8, 4) is 0 Å². The second kappa shape index (κ2) is 7.27. The van der Waals surface area contributed by atoms with Crippen molar-refractivity contribution in [2.24, 2.45) is 5.92 Å². The Hall–Kier alpha value is -0.380. The Balaban J connectivity index is 1.82. The van der Waals surface area contributed by atoms with Crippen LogP contribution in [0, 0.1) is 5.92 Å². The summed E-state index contributed by atoms with van der Waals surface area (Å²) >= 11 is 3.86. The molecule has 2 rings (SSSR count). The minimum Gasteiger partial charge on any atom is -0.382 e. The van der Waals surface area contributed by atoms with Gasteiger partial charge in [-0.05, 0) is 36.3 Å². The number of hydrogen-bond donors (Lipinski definition) is 0. The van der Waals surface area contributed by atoms with Crippen molar-refractivity contribution in [3.05, 3.63) is 35.4 Å². The molecule has 100 valence electrons. The summed E-state index contributed by atoms with van der Waals surface area (Å²) in [5.74, 6) is 0.683. The van der Waals surface area contributed by atoms with Crippen molar-refractivity contribution < 1.29 is 9.47 Å². The lowest BCUT2D eigenvalue weighted by Gasteiger charge is -2.29. The van der Waals surface area contributed by atoms with Crippen molar-refractivity contribution >= 4 is 15.9 Å². The molecule has 2 unspecified atom stereocenters. The number of fused-ring (bicyclic) bond motifs is 1. The standard InChI is InChI=1S/C15H21BrO2/c1-17-10-11-18-9-8-13-7-6-12-4-2-3-5-14(12)15(13)16/h2-5,13,15H,6-11H2,1H3. The van der Waals surface area contributed by atoms with Crippen LogP contribution in [0.3, 0.4) is 0 Å². The minimum absolute atomic E-state index is 0.480. The highest BCUT2D eigenvalue weighted by atomic mass is 79.9. The topological polar surface area (TPSA) is 18.5 Å². The number of hydrogen-bond acceptors (Lipinski definition) is 2. The van der Waals surface area contributed by atoms with Crippen LogP contribution in [-0.4, -0.2) is 26.9 Å². The van der Waals surface area contributed by atoms with Gasteiger partial charge in [0.05, 0.1) is 13.2 Å². The molecule has 0 radical (unpaired) electrons. The van der Waals surface area contributed by atoms with E-state index in [1.807, 2.05) is 0 Å². The van der Waals surface area contributed by atoms with E-state index >= 15 is 0 Å². The van der Waals surface area contributed by atoms with E-state index in [1.54, 1.807) is 7.11 Å². The van der Waals surface area contributed by atoms with Crippen LogP contribution in [0.1, 0.15) is 28.8 Å². The highest BCUT2D eigenvalue weighted by Gasteiger charge is 2.26. The van der Waals surface area contributed by atoms with E-state index in [1.165, 1.54) is 24.0 Å². The Morgan fingerprint density at radius 2 is 2.06 bits per heavy atom. The maximum atomic E-state index is 5.57. The van der Waals surface area contributed by atoms with Gasteiger partial charge in [0.2, 0.25) is 0 Å². The van der Waals surface area contributed by atoms with Gasteiger partial charge in [0, 0.05) is 18.5 Å². The number of halogens is 1. The zero-order chi connectivity index (χ0) is 12.8. The summed E-state index contributed by atoms with van der Waals surface area (Å²) in [5.41, 5.74) is 2.96. The monoisotopic (exact) mass is 312 g/mol. The van der Waals surface area contributed by atoms with Gasteiger partial charge in [0.25, 0.3) is 0 Å². The fourth-order valence-electron chi connectivity index (χ4n) is 2.54. The van der Waals surface area contributed by atoms with Crippen molar-refractivity contribution in [2.45, 2.75) is 24.1 Å². The first-order chi connectivity index (χ1) is 8.83. The van der Waals surface area contributed by atoms with Gasteiger partial charge in [-0.1, -0.05) is 40.2 Å². The minimum atomic E-state index is 0.480. The first-order valence-electron chi connectivity index (χ1n) is 6.61. The summed E-state index contributed by atoms with van der Waals surface area (Å²) in [4.78, 5) is 0.480. The van der Waals surface area contributed by atoms with Crippen LogP contribution >= 0.6 is 15.9 Å². The molecule has 1 aromatic carbocycles. The SMILES string of the molecule is COCCOCCC1CCc2ccccc2C1Br. The highest BCUT2D eigenvalue weighted by molar-refractivity contribution is 9.09. The van der Waals surface area contributed by atoms with Gasteiger partial charge in [-0.2, -0.15) is 0 Å². The van der Waals surface area contributed by atoms with Crippen LogP contribution in [0.5, 0.6) is 0 Å². The lowest BCUT2D eigenvalue weighted by atomic mass is 9.82. The normalized spacial score (nSPS) is 22.8. The van der Waals surface area contributed by atoms with Crippen LogP contribution in [0.15, 0.2) is 24.3 Å². The van der Waals surface area contributed by atoms with E-state index in [0.717, 1.165) is 13.0 Å². The summed E-state index contributed by atoms with van der Waals surface area (Å²) in [5, 5.41) is 0. The third kappa shape index (κ3) is 3.56. The number of benzene rings is 1. The number of alkyl halides is 1. The third-order valence-electron chi connectivity index (χ3n) is 3.62. The van der Waals surface area contributed by atoms with Gasteiger partial charge in [-0.3, -0.25) is 0 Å². The summed E-state index contributed by atoms with van der Waals surface area (Å²) in [7, 11) is 1.70. The summed E-state index contributed by atoms with van der Waals surface area (Å²) < 4.78 is 10.5. The average molecular weight is 313 g/mol. The van der Waals surface area contributed by atoms with Crippen LogP contribution in [0.2, 0.25) is 0 Å². The molecular weight excluding hydrogens is 292 g/mol. The number of methoxy groups -OCH3 is 1. The molecule has 2 nitrogen and oxygen atoms in total. The Labute approximate surface area is 118 Å². The van der Waals surface area contributed by atoms with Crippen molar-refractivity contribution in [1.29, 1.82) is 0 Å². The Morgan fingerprint density at radius 3 is 2.89 bits per heavy atom. The quantitative estimate of drug-likeness (QED) is 0.588. The van der Waals surface area contributed by atoms with Gasteiger partial charge in [-0.15, -0.1) is 0 Å². The molecule has 0 amide bonds. The van der Waals surface area contributed by atoms with Gasteiger partial charge < -0.3 is 9.47 Å². The van der Waals surface area contributed by atoms with Crippen LogP contribution < -0.4 is 0 Å². The molecule has 0 spiro atoms. The maximum Gasteiger partial charge on any atom is 0.0700 e. The van der Waals surface area contributed by atoms with E-state index in [2.05, 4.69) is 40.2 Å².